The third-order valence-electron chi connectivity index (χ3n) is 1.35. The smallest absolute Gasteiger partial charge is 0.240 e. The largest absolute Gasteiger partial charge is 0.351 e. The Morgan fingerprint density at radius 1 is 1.75 bits per heavy atom. The molecule has 1 aromatic heterocycles. The van der Waals surface area contributed by atoms with E-state index in [0.29, 0.717) is 0 Å². The molecule has 1 rings (SSSR count). The van der Waals surface area contributed by atoms with E-state index in [2.05, 4.69) is 4.98 Å². The predicted octanol–water partition coefficient (Wildman–Crippen LogP) is 0.561. The lowest BCUT2D eigenvalue weighted by atomic mass is 10.3. The summed E-state index contributed by atoms with van der Waals surface area (Å²) in [6.45, 7) is 1.77. The number of thiazole rings is 1. The van der Waals surface area contributed by atoms with Crippen molar-refractivity contribution in [3.8, 4) is 0 Å². The first-order valence-electron chi connectivity index (χ1n) is 3.14. The minimum absolute atomic E-state index is 0.0482. The fourth-order valence-corrected chi connectivity index (χ4v) is 1.83. The SMILES string of the molecule is Cc1ncsc1CC(O)=S(=O)=O. The number of aliphatic hydroxyl groups is 1. The highest BCUT2D eigenvalue weighted by molar-refractivity contribution is 7.72. The lowest BCUT2D eigenvalue weighted by Gasteiger charge is -1.91. The van der Waals surface area contributed by atoms with Crippen molar-refractivity contribution in [1.29, 1.82) is 0 Å². The summed E-state index contributed by atoms with van der Waals surface area (Å²) in [7, 11) is -2.50. The highest BCUT2D eigenvalue weighted by Crippen LogP contribution is 2.12. The Hall–Kier alpha value is -0.720. The maximum Gasteiger partial charge on any atom is 0.240 e. The molecule has 4 nitrogen and oxygen atoms in total. The molecule has 0 saturated heterocycles. The molecular weight excluding hydrogens is 198 g/mol. The number of rotatable bonds is 2. The van der Waals surface area contributed by atoms with Crippen LogP contribution in [0.3, 0.4) is 0 Å². The summed E-state index contributed by atoms with van der Waals surface area (Å²) >= 11 is 1.33. The van der Waals surface area contributed by atoms with Crippen molar-refractivity contribution >= 4 is 26.7 Å². The molecule has 0 radical (unpaired) electrons. The van der Waals surface area contributed by atoms with Crippen molar-refractivity contribution in [3.63, 3.8) is 0 Å². The fourth-order valence-electron chi connectivity index (χ4n) is 0.692. The van der Waals surface area contributed by atoms with E-state index in [4.69, 9.17) is 5.11 Å². The van der Waals surface area contributed by atoms with Crippen LogP contribution in [0, 0.1) is 6.92 Å². The molecule has 12 heavy (non-hydrogen) atoms. The van der Waals surface area contributed by atoms with Gasteiger partial charge in [-0.1, -0.05) is 0 Å². The minimum atomic E-state index is -2.50. The van der Waals surface area contributed by atoms with Gasteiger partial charge in [0.25, 0.3) is 0 Å². The molecule has 66 valence electrons. The molecule has 0 spiro atoms. The summed E-state index contributed by atoms with van der Waals surface area (Å²) < 4.78 is 20.5. The summed E-state index contributed by atoms with van der Waals surface area (Å²) in [6.07, 6.45) is 0.0482. The minimum Gasteiger partial charge on any atom is -0.351 e. The summed E-state index contributed by atoms with van der Waals surface area (Å²) in [5.74, 6) is 0. The molecule has 0 aliphatic carbocycles. The van der Waals surface area contributed by atoms with E-state index in [0.717, 1.165) is 10.6 Å². The van der Waals surface area contributed by atoms with Gasteiger partial charge in [-0.25, -0.2) is 4.98 Å². The average Bonchev–Trinajstić information content (AvgIpc) is 2.36. The second-order valence-corrected chi connectivity index (χ2v) is 4.05. The van der Waals surface area contributed by atoms with Gasteiger partial charge in [-0.2, -0.15) is 8.42 Å². The number of aryl methyl sites for hydroxylation is 1. The normalized spacial score (nSPS) is 9.83. The van der Waals surface area contributed by atoms with Gasteiger partial charge < -0.3 is 5.11 Å². The fraction of sp³-hybridized carbons (Fsp3) is 0.333. The van der Waals surface area contributed by atoms with Crippen LogP contribution < -0.4 is 0 Å². The van der Waals surface area contributed by atoms with E-state index < -0.39 is 15.3 Å². The molecule has 0 unspecified atom stereocenters. The van der Waals surface area contributed by atoms with Gasteiger partial charge in [-0.3, -0.25) is 0 Å². The number of hydrogen-bond donors (Lipinski definition) is 1. The maximum absolute atomic E-state index is 10.2. The molecular formula is C6H7NO3S2. The van der Waals surface area contributed by atoms with Crippen LogP contribution in [0.2, 0.25) is 0 Å². The molecule has 1 N–H and O–H groups in total. The zero-order valence-electron chi connectivity index (χ0n) is 6.31. The Labute approximate surface area is 75.0 Å². The van der Waals surface area contributed by atoms with Crippen molar-refractivity contribution in [3.05, 3.63) is 16.1 Å². The molecule has 1 heterocycles. The summed E-state index contributed by atoms with van der Waals surface area (Å²) in [5, 5.41) is 8.37. The first-order chi connectivity index (χ1) is 5.61. The number of nitrogens with zero attached hydrogens (tertiary/aromatic N) is 1. The van der Waals surface area contributed by atoms with Gasteiger partial charge in [-0.05, 0) is 6.92 Å². The third kappa shape index (κ3) is 2.13. The van der Waals surface area contributed by atoms with Crippen molar-refractivity contribution in [2.75, 3.05) is 0 Å². The van der Waals surface area contributed by atoms with Crippen molar-refractivity contribution < 1.29 is 13.5 Å². The molecule has 0 bridgehead atoms. The zero-order chi connectivity index (χ0) is 9.14. The molecule has 0 amide bonds. The van der Waals surface area contributed by atoms with Crippen LogP contribution in [0.15, 0.2) is 5.51 Å². The molecule has 0 saturated carbocycles. The van der Waals surface area contributed by atoms with Crippen LogP contribution in [0.5, 0.6) is 0 Å². The number of hydrogen-bond acceptors (Lipinski definition) is 4. The first-order valence-corrected chi connectivity index (χ1v) is 5.09. The second-order valence-electron chi connectivity index (χ2n) is 2.17. The van der Waals surface area contributed by atoms with Crippen molar-refractivity contribution in [1.82, 2.24) is 4.98 Å². The molecule has 6 heteroatoms. The van der Waals surface area contributed by atoms with Crippen molar-refractivity contribution in [2.45, 2.75) is 13.3 Å². The van der Waals surface area contributed by atoms with Gasteiger partial charge >= 0.3 is 0 Å². The van der Waals surface area contributed by atoms with E-state index in [1.165, 1.54) is 11.3 Å². The molecule has 0 atom stereocenters. The van der Waals surface area contributed by atoms with E-state index in [9.17, 15) is 8.42 Å². The van der Waals surface area contributed by atoms with Crippen LogP contribution in [0.1, 0.15) is 10.6 Å². The van der Waals surface area contributed by atoms with Crippen molar-refractivity contribution in [2.24, 2.45) is 0 Å². The highest BCUT2D eigenvalue weighted by atomic mass is 32.2. The van der Waals surface area contributed by atoms with Gasteiger partial charge in [0, 0.05) is 11.3 Å². The van der Waals surface area contributed by atoms with Gasteiger partial charge in [0.15, 0.2) is 5.05 Å². The summed E-state index contributed by atoms with van der Waals surface area (Å²) in [4.78, 5) is 4.70. The molecule has 1 aromatic rings. The number of aromatic nitrogens is 1. The molecule has 0 aliphatic rings. The van der Waals surface area contributed by atoms with E-state index in [1.54, 1.807) is 12.4 Å². The van der Waals surface area contributed by atoms with Gasteiger partial charge in [0.1, 0.15) is 0 Å². The van der Waals surface area contributed by atoms with Crippen LogP contribution in [0.4, 0.5) is 0 Å². The topological polar surface area (TPSA) is 67.3 Å². The first kappa shape index (κ1) is 9.37. The van der Waals surface area contributed by atoms with Crippen LogP contribution in [-0.4, -0.2) is 23.6 Å². The van der Waals surface area contributed by atoms with Gasteiger partial charge in [0.2, 0.25) is 10.3 Å². The second kappa shape index (κ2) is 3.79. The Morgan fingerprint density at radius 2 is 2.42 bits per heavy atom. The van der Waals surface area contributed by atoms with Gasteiger partial charge in [-0.15, -0.1) is 11.3 Å². The monoisotopic (exact) mass is 205 g/mol. The lowest BCUT2D eigenvalue weighted by Crippen LogP contribution is -2.02. The number of aliphatic hydroxyl groups excluding tert-OH is 1. The van der Waals surface area contributed by atoms with Crippen LogP contribution >= 0.6 is 11.3 Å². The maximum atomic E-state index is 10.2. The third-order valence-corrected chi connectivity index (χ3v) is 2.81. The Balaban J connectivity index is 2.92. The Bertz CT molecular complexity index is 396. The lowest BCUT2D eigenvalue weighted by molar-refractivity contribution is 0.547. The predicted molar refractivity (Wildman–Crippen MR) is 47.1 cm³/mol. The highest BCUT2D eigenvalue weighted by Gasteiger charge is 2.04. The molecule has 0 aromatic carbocycles. The van der Waals surface area contributed by atoms with E-state index >= 15 is 0 Å². The van der Waals surface area contributed by atoms with Crippen LogP contribution in [0.25, 0.3) is 0 Å². The Kier molecular flexibility index (Phi) is 2.96. The Morgan fingerprint density at radius 3 is 2.83 bits per heavy atom. The van der Waals surface area contributed by atoms with Gasteiger partial charge in [0.05, 0.1) is 11.2 Å². The quantitative estimate of drug-likeness (QED) is 0.716. The van der Waals surface area contributed by atoms with E-state index in [1.807, 2.05) is 0 Å². The summed E-state index contributed by atoms with van der Waals surface area (Å²) in [5.41, 5.74) is 2.38. The zero-order valence-corrected chi connectivity index (χ0v) is 7.94. The summed E-state index contributed by atoms with van der Waals surface area (Å²) in [6, 6.07) is 0. The molecule has 0 aliphatic heterocycles. The molecule has 0 fully saturated rings. The standard InChI is InChI=1S/C6H7NO3S2/c1-4-5(11-3-7-4)2-6(8)12(9)10/h3,8H,2H2,1H3. The van der Waals surface area contributed by atoms with E-state index in [-0.39, 0.29) is 6.42 Å². The van der Waals surface area contributed by atoms with Crippen LogP contribution in [-0.2, 0) is 16.7 Å². The average molecular weight is 205 g/mol.